The number of anilines is 1. The van der Waals surface area contributed by atoms with Gasteiger partial charge in [-0.3, -0.25) is 4.79 Å². The molecule has 0 aromatic heterocycles. The van der Waals surface area contributed by atoms with Crippen molar-refractivity contribution in [3.63, 3.8) is 0 Å². The number of halogens is 3. The lowest BCUT2D eigenvalue weighted by atomic mass is 10.1. The molecule has 0 saturated heterocycles. The minimum absolute atomic E-state index is 0.281. The Balaban J connectivity index is 1.94. The van der Waals surface area contributed by atoms with E-state index < -0.39 is 41.1 Å². The predicted molar refractivity (Wildman–Crippen MR) is 67.2 cm³/mol. The fourth-order valence-electron chi connectivity index (χ4n) is 2.30. The van der Waals surface area contributed by atoms with Crippen molar-refractivity contribution in [2.45, 2.75) is 25.3 Å². The van der Waals surface area contributed by atoms with E-state index in [1.54, 1.807) is 0 Å². The first-order valence-electron chi connectivity index (χ1n) is 6.31. The van der Waals surface area contributed by atoms with Gasteiger partial charge in [-0.25, -0.2) is 18.0 Å². The van der Waals surface area contributed by atoms with Crippen molar-refractivity contribution in [3.05, 3.63) is 29.6 Å². The molecule has 1 aromatic rings. The van der Waals surface area contributed by atoms with E-state index in [2.05, 4.69) is 10.6 Å². The SMILES string of the molecule is O=C(Nc1cc(F)c(F)cc1F)NC1CCC(C(=O)O)C1. The number of benzene rings is 1. The Labute approximate surface area is 118 Å². The molecule has 1 saturated carbocycles. The van der Waals surface area contributed by atoms with Crippen molar-refractivity contribution in [2.75, 3.05) is 5.32 Å². The van der Waals surface area contributed by atoms with Gasteiger partial charge >= 0.3 is 12.0 Å². The van der Waals surface area contributed by atoms with Crippen molar-refractivity contribution in [2.24, 2.45) is 5.92 Å². The highest BCUT2D eigenvalue weighted by atomic mass is 19.2. The van der Waals surface area contributed by atoms with Crippen LogP contribution in [-0.2, 0) is 4.79 Å². The molecule has 0 spiro atoms. The zero-order valence-electron chi connectivity index (χ0n) is 10.8. The van der Waals surface area contributed by atoms with E-state index >= 15 is 0 Å². The van der Waals surface area contributed by atoms with E-state index in [9.17, 15) is 22.8 Å². The van der Waals surface area contributed by atoms with E-state index in [-0.39, 0.29) is 12.5 Å². The van der Waals surface area contributed by atoms with Crippen LogP contribution >= 0.6 is 0 Å². The van der Waals surface area contributed by atoms with E-state index in [0.29, 0.717) is 25.0 Å². The zero-order valence-corrected chi connectivity index (χ0v) is 10.8. The lowest BCUT2D eigenvalue weighted by Gasteiger charge is -2.14. The first kappa shape index (κ1) is 15.1. The van der Waals surface area contributed by atoms with Crippen LogP contribution in [-0.4, -0.2) is 23.1 Å². The van der Waals surface area contributed by atoms with Crippen molar-refractivity contribution >= 4 is 17.7 Å². The number of hydrogen-bond donors (Lipinski definition) is 3. The van der Waals surface area contributed by atoms with E-state index in [1.165, 1.54) is 0 Å². The van der Waals surface area contributed by atoms with E-state index in [0.717, 1.165) is 0 Å². The minimum Gasteiger partial charge on any atom is -0.481 e. The fraction of sp³-hybridized carbons (Fsp3) is 0.385. The van der Waals surface area contributed by atoms with Gasteiger partial charge in [0.25, 0.3) is 0 Å². The summed E-state index contributed by atoms with van der Waals surface area (Å²) in [6.07, 6.45) is 1.22. The Morgan fingerprint density at radius 2 is 1.76 bits per heavy atom. The molecular formula is C13H13F3N2O3. The molecule has 2 unspecified atom stereocenters. The van der Waals surface area contributed by atoms with Gasteiger partial charge in [-0.05, 0) is 19.3 Å². The van der Waals surface area contributed by atoms with Crippen LogP contribution < -0.4 is 10.6 Å². The van der Waals surface area contributed by atoms with Gasteiger partial charge in [0.1, 0.15) is 5.82 Å². The molecule has 1 fully saturated rings. The molecule has 0 heterocycles. The molecular weight excluding hydrogens is 289 g/mol. The van der Waals surface area contributed by atoms with Gasteiger partial charge in [-0.2, -0.15) is 0 Å². The molecule has 2 amide bonds. The van der Waals surface area contributed by atoms with Crippen LogP contribution in [0.4, 0.5) is 23.7 Å². The summed E-state index contributed by atoms with van der Waals surface area (Å²) in [7, 11) is 0. The van der Waals surface area contributed by atoms with Gasteiger partial charge < -0.3 is 15.7 Å². The molecule has 0 aliphatic heterocycles. The summed E-state index contributed by atoms with van der Waals surface area (Å²) in [6, 6.07) is -0.268. The Morgan fingerprint density at radius 3 is 2.38 bits per heavy atom. The number of hydrogen-bond acceptors (Lipinski definition) is 2. The molecule has 1 aromatic carbocycles. The van der Waals surface area contributed by atoms with Crippen molar-refractivity contribution in [1.29, 1.82) is 0 Å². The molecule has 1 aliphatic carbocycles. The first-order valence-corrected chi connectivity index (χ1v) is 6.31. The molecule has 0 radical (unpaired) electrons. The number of carboxylic acids is 1. The van der Waals surface area contributed by atoms with Crippen LogP contribution in [0.5, 0.6) is 0 Å². The number of amides is 2. The maximum Gasteiger partial charge on any atom is 0.319 e. The quantitative estimate of drug-likeness (QED) is 0.751. The maximum atomic E-state index is 13.3. The van der Waals surface area contributed by atoms with Gasteiger partial charge in [0, 0.05) is 18.2 Å². The fourth-order valence-corrected chi connectivity index (χ4v) is 2.30. The number of carbonyl (C=O) groups is 2. The predicted octanol–water partition coefficient (Wildman–Crippen LogP) is 2.48. The number of nitrogens with one attached hydrogen (secondary N) is 2. The van der Waals surface area contributed by atoms with Gasteiger partial charge in [-0.1, -0.05) is 0 Å². The van der Waals surface area contributed by atoms with Crippen LogP contribution in [0.15, 0.2) is 12.1 Å². The summed E-state index contributed by atoms with van der Waals surface area (Å²) < 4.78 is 39.1. The van der Waals surface area contributed by atoms with Crippen LogP contribution in [0.3, 0.4) is 0 Å². The van der Waals surface area contributed by atoms with Gasteiger partial charge in [0.15, 0.2) is 11.6 Å². The highest BCUT2D eigenvalue weighted by Crippen LogP contribution is 2.26. The van der Waals surface area contributed by atoms with Crippen molar-refractivity contribution in [3.8, 4) is 0 Å². The highest BCUT2D eigenvalue weighted by Gasteiger charge is 2.30. The number of urea groups is 1. The Kier molecular flexibility index (Phi) is 4.35. The van der Waals surface area contributed by atoms with Crippen molar-refractivity contribution in [1.82, 2.24) is 5.32 Å². The summed E-state index contributed by atoms with van der Waals surface area (Å²) in [6.45, 7) is 0. The highest BCUT2D eigenvalue weighted by molar-refractivity contribution is 5.89. The number of aliphatic carboxylic acids is 1. The molecule has 3 N–H and O–H groups in total. The second kappa shape index (κ2) is 6.02. The van der Waals surface area contributed by atoms with Gasteiger partial charge in [0.2, 0.25) is 0 Å². The van der Waals surface area contributed by atoms with E-state index in [4.69, 9.17) is 5.11 Å². The third-order valence-corrected chi connectivity index (χ3v) is 3.38. The Hall–Kier alpha value is -2.25. The normalized spacial score (nSPS) is 21.1. The third-order valence-electron chi connectivity index (χ3n) is 3.38. The zero-order chi connectivity index (χ0) is 15.6. The van der Waals surface area contributed by atoms with Crippen molar-refractivity contribution < 1.29 is 27.9 Å². The molecule has 8 heteroatoms. The van der Waals surface area contributed by atoms with Crippen LogP contribution in [0.1, 0.15) is 19.3 Å². The summed E-state index contributed by atoms with van der Waals surface area (Å²) in [5, 5.41) is 13.4. The summed E-state index contributed by atoms with van der Waals surface area (Å²) in [4.78, 5) is 22.4. The summed E-state index contributed by atoms with van der Waals surface area (Å²) in [5.74, 6) is -5.17. The minimum atomic E-state index is -1.35. The molecule has 2 atom stereocenters. The number of rotatable bonds is 3. The lowest BCUT2D eigenvalue weighted by Crippen LogP contribution is -2.37. The smallest absolute Gasteiger partial charge is 0.319 e. The van der Waals surface area contributed by atoms with Gasteiger partial charge in [0.05, 0.1) is 11.6 Å². The third kappa shape index (κ3) is 3.65. The number of carboxylic acid groups (broad SMARTS) is 1. The monoisotopic (exact) mass is 302 g/mol. The van der Waals surface area contributed by atoms with Crippen LogP contribution in [0.2, 0.25) is 0 Å². The van der Waals surface area contributed by atoms with Crippen LogP contribution in [0.25, 0.3) is 0 Å². The molecule has 5 nitrogen and oxygen atoms in total. The lowest BCUT2D eigenvalue weighted by molar-refractivity contribution is -0.141. The summed E-state index contributed by atoms with van der Waals surface area (Å²) >= 11 is 0. The second-order valence-electron chi connectivity index (χ2n) is 4.89. The molecule has 2 rings (SSSR count). The molecule has 21 heavy (non-hydrogen) atoms. The number of carbonyl (C=O) groups excluding carboxylic acids is 1. The molecule has 114 valence electrons. The van der Waals surface area contributed by atoms with Gasteiger partial charge in [-0.15, -0.1) is 0 Å². The van der Waals surface area contributed by atoms with Crippen LogP contribution in [0, 0.1) is 23.4 Å². The largest absolute Gasteiger partial charge is 0.481 e. The maximum absolute atomic E-state index is 13.3. The second-order valence-corrected chi connectivity index (χ2v) is 4.89. The molecule has 1 aliphatic rings. The first-order chi connectivity index (χ1) is 9.86. The average molecular weight is 302 g/mol. The van der Waals surface area contributed by atoms with E-state index in [1.807, 2.05) is 0 Å². The molecule has 0 bridgehead atoms. The summed E-state index contributed by atoms with van der Waals surface area (Å²) in [5.41, 5.74) is -0.487. The Morgan fingerprint density at radius 1 is 1.10 bits per heavy atom. The average Bonchev–Trinajstić information content (AvgIpc) is 2.84. The topological polar surface area (TPSA) is 78.4 Å². The standard InChI is InChI=1S/C13H13F3N2O3/c14-8-4-10(16)11(5-9(8)15)18-13(21)17-7-2-1-6(3-7)12(19)20/h4-7H,1-3H2,(H,19,20)(H2,17,18,21). The Bertz CT molecular complexity index is 580.